The van der Waals surface area contributed by atoms with Crippen molar-refractivity contribution >= 4 is 36.4 Å². The van der Waals surface area contributed by atoms with Crippen LogP contribution in [0.5, 0.6) is 11.5 Å². The van der Waals surface area contributed by atoms with E-state index in [4.69, 9.17) is 9.47 Å². The molecule has 1 aromatic heterocycles. The van der Waals surface area contributed by atoms with Crippen LogP contribution in [0.1, 0.15) is 19.4 Å². The number of alkyl halides is 3. The van der Waals surface area contributed by atoms with Gasteiger partial charge in [-0.15, -0.1) is 0 Å². The van der Waals surface area contributed by atoms with E-state index in [1.54, 1.807) is 30.3 Å². The average molecular weight is 478 g/mol. The molecule has 0 aliphatic heterocycles. The highest BCUT2D eigenvalue weighted by atomic mass is 31.1. The molecule has 0 atom stereocenters. The fraction of sp³-hybridized carbons (Fsp3) is 0.304. The molecule has 0 saturated heterocycles. The Balaban J connectivity index is 1.99. The zero-order valence-electron chi connectivity index (χ0n) is 19.0. The summed E-state index contributed by atoms with van der Waals surface area (Å²) in [7, 11) is 1.20. The monoisotopic (exact) mass is 478 g/mol. The van der Waals surface area contributed by atoms with Gasteiger partial charge in [-0.05, 0) is 56.7 Å². The lowest BCUT2D eigenvalue weighted by Crippen LogP contribution is -2.14. The predicted octanol–water partition coefficient (Wildman–Crippen LogP) is 6.15. The largest absolute Gasteiger partial charge is 0.495 e. The molecule has 0 saturated carbocycles. The number of nitrogens with one attached hydrogen (secondary N) is 2. The van der Waals surface area contributed by atoms with Crippen molar-refractivity contribution in [3.8, 4) is 11.5 Å². The molecule has 0 aliphatic rings. The summed E-state index contributed by atoms with van der Waals surface area (Å²) in [5, 5.41) is 6.86. The second-order valence-corrected chi connectivity index (χ2v) is 9.95. The second kappa shape index (κ2) is 10.3. The van der Waals surface area contributed by atoms with Crippen LogP contribution < -0.4 is 25.4 Å². The number of halogens is 3. The molecule has 176 valence electrons. The Hall–Kier alpha value is -3.06. The van der Waals surface area contributed by atoms with Crippen LogP contribution in [0.4, 0.5) is 36.3 Å². The molecular formula is C23H26F3N4O2P. The maximum absolute atomic E-state index is 13.7. The molecule has 0 bridgehead atoms. The van der Waals surface area contributed by atoms with E-state index in [0.717, 1.165) is 11.5 Å². The van der Waals surface area contributed by atoms with Gasteiger partial charge < -0.3 is 20.1 Å². The van der Waals surface area contributed by atoms with Gasteiger partial charge in [0.15, 0.2) is 0 Å². The van der Waals surface area contributed by atoms with E-state index in [0.29, 0.717) is 22.9 Å². The number of hydrogen-bond donors (Lipinski definition) is 2. The predicted molar refractivity (Wildman–Crippen MR) is 127 cm³/mol. The van der Waals surface area contributed by atoms with E-state index in [1.165, 1.54) is 7.11 Å². The summed E-state index contributed by atoms with van der Waals surface area (Å²) in [6, 6.07) is 12.4. The van der Waals surface area contributed by atoms with Crippen LogP contribution in [0.2, 0.25) is 0 Å². The number of para-hydroxylation sites is 2. The third-order valence-corrected chi connectivity index (χ3v) is 5.86. The van der Waals surface area contributed by atoms with Crippen LogP contribution in [0.25, 0.3) is 0 Å². The molecule has 6 nitrogen and oxygen atoms in total. The van der Waals surface area contributed by atoms with Crippen LogP contribution >= 0.6 is 7.92 Å². The van der Waals surface area contributed by atoms with Crippen molar-refractivity contribution in [2.24, 2.45) is 0 Å². The lowest BCUT2D eigenvalue weighted by molar-refractivity contribution is -0.137. The molecule has 0 unspecified atom stereocenters. The number of hydrogen-bond acceptors (Lipinski definition) is 6. The van der Waals surface area contributed by atoms with Crippen molar-refractivity contribution in [2.45, 2.75) is 26.1 Å². The summed E-state index contributed by atoms with van der Waals surface area (Å²) in [5.74, 6) is 0.578. The maximum Gasteiger partial charge on any atom is 0.421 e. The summed E-state index contributed by atoms with van der Waals surface area (Å²) in [6.45, 7) is 7.91. The third kappa shape index (κ3) is 6.26. The number of anilines is 4. The number of aromatic nitrogens is 2. The van der Waals surface area contributed by atoms with Crippen LogP contribution in [-0.4, -0.2) is 36.5 Å². The first-order valence-electron chi connectivity index (χ1n) is 10.2. The van der Waals surface area contributed by atoms with E-state index in [9.17, 15) is 13.2 Å². The molecule has 0 fully saturated rings. The minimum atomic E-state index is -4.65. The Labute approximate surface area is 192 Å². The average Bonchev–Trinajstić information content (AvgIpc) is 2.74. The molecule has 33 heavy (non-hydrogen) atoms. The molecular weight excluding hydrogens is 452 g/mol. The smallest absolute Gasteiger partial charge is 0.421 e. The molecule has 10 heteroatoms. The van der Waals surface area contributed by atoms with Gasteiger partial charge in [-0.25, -0.2) is 4.98 Å². The highest BCUT2D eigenvalue weighted by Gasteiger charge is 2.35. The zero-order chi connectivity index (χ0) is 24.2. The van der Waals surface area contributed by atoms with Gasteiger partial charge in [0.2, 0.25) is 5.95 Å². The van der Waals surface area contributed by atoms with Gasteiger partial charge in [0.05, 0.1) is 24.6 Å². The number of nitrogens with zero attached hydrogens (tertiary/aromatic N) is 2. The van der Waals surface area contributed by atoms with Gasteiger partial charge in [0, 0.05) is 6.20 Å². The minimum Gasteiger partial charge on any atom is -0.495 e. The first-order chi connectivity index (χ1) is 15.6. The van der Waals surface area contributed by atoms with E-state index in [-0.39, 0.29) is 25.8 Å². The summed E-state index contributed by atoms with van der Waals surface area (Å²) in [5.41, 5.74) is -0.0767. The van der Waals surface area contributed by atoms with Crippen LogP contribution in [0.15, 0.2) is 48.7 Å². The number of rotatable bonds is 8. The van der Waals surface area contributed by atoms with Crippen molar-refractivity contribution in [1.29, 1.82) is 0 Å². The van der Waals surface area contributed by atoms with Crippen LogP contribution in [-0.2, 0) is 6.18 Å². The molecule has 0 aliphatic carbocycles. The van der Waals surface area contributed by atoms with Crippen molar-refractivity contribution in [3.63, 3.8) is 0 Å². The Morgan fingerprint density at radius 1 is 0.970 bits per heavy atom. The number of benzene rings is 2. The molecule has 0 radical (unpaired) electrons. The topological polar surface area (TPSA) is 68.3 Å². The molecule has 2 aromatic carbocycles. The highest BCUT2D eigenvalue weighted by molar-refractivity contribution is 7.64. The first kappa shape index (κ1) is 24.6. The van der Waals surface area contributed by atoms with Crippen molar-refractivity contribution in [3.05, 3.63) is 54.2 Å². The van der Waals surface area contributed by atoms with E-state index < -0.39 is 11.7 Å². The first-order valence-corrected chi connectivity index (χ1v) is 12.4. The van der Waals surface area contributed by atoms with Crippen LogP contribution in [0.3, 0.4) is 0 Å². The zero-order valence-corrected chi connectivity index (χ0v) is 19.9. The quantitative estimate of drug-likeness (QED) is 0.379. The van der Waals surface area contributed by atoms with Crippen LogP contribution in [0, 0.1) is 0 Å². The second-order valence-electron chi connectivity index (χ2n) is 7.65. The molecule has 3 rings (SSSR count). The SMILES string of the molecule is COc1cc(P(C)C)ccc1Nc1ncc(C(F)(F)F)c(Nc2ccccc2OC(C)C)n1. The Bertz CT molecular complexity index is 1110. The van der Waals surface area contributed by atoms with Crippen molar-refractivity contribution in [2.75, 3.05) is 31.1 Å². The number of ether oxygens (including phenoxy) is 2. The summed E-state index contributed by atoms with van der Waals surface area (Å²) >= 11 is 0. The van der Waals surface area contributed by atoms with Gasteiger partial charge in [0.25, 0.3) is 0 Å². The maximum atomic E-state index is 13.7. The fourth-order valence-corrected chi connectivity index (χ4v) is 3.73. The molecule has 2 N–H and O–H groups in total. The Morgan fingerprint density at radius 2 is 1.67 bits per heavy atom. The van der Waals surface area contributed by atoms with E-state index in [1.807, 2.05) is 26.0 Å². The van der Waals surface area contributed by atoms with Gasteiger partial charge in [-0.3, -0.25) is 0 Å². The summed E-state index contributed by atoms with van der Waals surface area (Å²) < 4.78 is 52.2. The van der Waals surface area contributed by atoms with E-state index >= 15 is 0 Å². The Kier molecular flexibility index (Phi) is 7.64. The fourth-order valence-electron chi connectivity index (χ4n) is 2.98. The van der Waals surface area contributed by atoms with Gasteiger partial charge in [-0.2, -0.15) is 18.2 Å². The lowest BCUT2D eigenvalue weighted by Gasteiger charge is -2.18. The number of methoxy groups -OCH3 is 1. The lowest BCUT2D eigenvalue weighted by atomic mass is 10.2. The standard InChI is InChI=1S/C23H26F3N4O2P/c1-14(2)32-19-9-7-6-8-17(19)28-21-16(23(24,25)26)13-27-22(30-21)29-18-11-10-15(33(4)5)12-20(18)31-3/h6-14H,1-5H3,(H2,27,28,29,30). The normalized spacial score (nSPS) is 11.6. The third-order valence-electron chi connectivity index (χ3n) is 4.54. The Morgan fingerprint density at radius 3 is 2.30 bits per heavy atom. The van der Waals surface area contributed by atoms with Gasteiger partial charge >= 0.3 is 6.18 Å². The van der Waals surface area contributed by atoms with Gasteiger partial charge in [-0.1, -0.05) is 26.1 Å². The van der Waals surface area contributed by atoms with Gasteiger partial charge in [0.1, 0.15) is 22.9 Å². The van der Waals surface area contributed by atoms with Crippen molar-refractivity contribution < 1.29 is 22.6 Å². The summed E-state index contributed by atoms with van der Waals surface area (Å²) in [4.78, 5) is 8.00. The minimum absolute atomic E-state index is 0.00549. The molecule has 0 spiro atoms. The molecule has 1 heterocycles. The van der Waals surface area contributed by atoms with Crippen molar-refractivity contribution in [1.82, 2.24) is 9.97 Å². The highest BCUT2D eigenvalue weighted by Crippen LogP contribution is 2.38. The molecule has 3 aromatic rings. The van der Waals surface area contributed by atoms with E-state index in [2.05, 4.69) is 33.9 Å². The molecule has 0 amide bonds. The summed E-state index contributed by atoms with van der Waals surface area (Å²) in [6.07, 6.45) is -4.05.